The first-order valence-electron chi connectivity index (χ1n) is 6.04. The third-order valence-electron chi connectivity index (χ3n) is 2.89. The molecule has 0 fully saturated rings. The zero-order valence-corrected chi connectivity index (χ0v) is 11.1. The van der Waals surface area contributed by atoms with Crippen molar-refractivity contribution in [1.82, 2.24) is 0 Å². The second-order valence-electron chi connectivity index (χ2n) is 4.54. The van der Waals surface area contributed by atoms with Gasteiger partial charge in [-0.05, 0) is 50.1 Å². The summed E-state index contributed by atoms with van der Waals surface area (Å²) in [4.78, 5) is 10.8. The minimum atomic E-state index is -1.08. The Hall–Kier alpha value is -2.23. The summed E-state index contributed by atoms with van der Waals surface area (Å²) in [5.41, 5.74) is 2.14. The summed E-state index contributed by atoms with van der Waals surface area (Å²) >= 11 is 0. The highest BCUT2D eigenvalue weighted by Gasteiger charge is 2.16. The van der Waals surface area contributed by atoms with E-state index >= 15 is 0 Å². The van der Waals surface area contributed by atoms with Crippen LogP contribution in [0, 0.1) is 13.8 Å². The van der Waals surface area contributed by atoms with Gasteiger partial charge in [-0.2, -0.15) is 0 Å². The molecular formula is C15H16O4. The molecule has 0 amide bonds. The Morgan fingerprint density at radius 3 is 2.63 bits per heavy atom. The second kappa shape index (κ2) is 5.18. The summed E-state index contributed by atoms with van der Waals surface area (Å²) in [6, 6.07) is 9.01. The lowest BCUT2D eigenvalue weighted by Crippen LogP contribution is -2.03. The fourth-order valence-electron chi connectivity index (χ4n) is 1.77. The molecule has 1 heterocycles. The lowest BCUT2D eigenvalue weighted by Gasteiger charge is -2.15. The van der Waals surface area contributed by atoms with Crippen molar-refractivity contribution in [3.8, 4) is 5.75 Å². The van der Waals surface area contributed by atoms with E-state index in [9.17, 15) is 4.79 Å². The van der Waals surface area contributed by atoms with E-state index in [1.54, 1.807) is 6.07 Å². The van der Waals surface area contributed by atoms with Gasteiger partial charge in [0.25, 0.3) is 0 Å². The number of hydrogen-bond acceptors (Lipinski definition) is 3. The number of hydrogen-bond donors (Lipinski definition) is 1. The van der Waals surface area contributed by atoms with Crippen LogP contribution in [-0.4, -0.2) is 11.1 Å². The van der Waals surface area contributed by atoms with Crippen molar-refractivity contribution in [2.45, 2.75) is 26.9 Å². The largest absolute Gasteiger partial charge is 0.483 e. The van der Waals surface area contributed by atoms with E-state index in [1.807, 2.05) is 39.0 Å². The van der Waals surface area contributed by atoms with Gasteiger partial charge in [-0.25, -0.2) is 4.79 Å². The quantitative estimate of drug-likeness (QED) is 0.909. The van der Waals surface area contributed by atoms with Crippen molar-refractivity contribution in [2.24, 2.45) is 0 Å². The Balaban J connectivity index is 2.17. The maximum atomic E-state index is 10.8. The molecule has 1 N–H and O–H groups in total. The van der Waals surface area contributed by atoms with Crippen LogP contribution in [-0.2, 0) is 0 Å². The molecule has 0 aliphatic heterocycles. The second-order valence-corrected chi connectivity index (χ2v) is 4.54. The van der Waals surface area contributed by atoms with Crippen LogP contribution in [0.3, 0.4) is 0 Å². The van der Waals surface area contributed by atoms with Crippen molar-refractivity contribution in [2.75, 3.05) is 0 Å². The van der Waals surface area contributed by atoms with E-state index < -0.39 is 5.97 Å². The summed E-state index contributed by atoms with van der Waals surface area (Å²) in [6.07, 6.45) is -0.339. The standard InChI is InChI=1S/C15H16O4/c1-9-4-5-10(2)14(8-9)18-11(3)12-6-7-13(19-12)15(16)17/h4-8,11H,1-3H3,(H,16,17). The van der Waals surface area contributed by atoms with Crippen molar-refractivity contribution in [3.05, 3.63) is 53.0 Å². The Labute approximate surface area is 111 Å². The Morgan fingerprint density at radius 1 is 1.26 bits per heavy atom. The summed E-state index contributed by atoms with van der Waals surface area (Å²) in [7, 11) is 0. The molecule has 4 nitrogen and oxygen atoms in total. The number of carboxylic acids is 1. The van der Waals surface area contributed by atoms with Crippen LogP contribution in [0.5, 0.6) is 5.75 Å². The van der Waals surface area contributed by atoms with Crippen LogP contribution in [0.25, 0.3) is 0 Å². The third kappa shape index (κ3) is 2.96. The van der Waals surface area contributed by atoms with Crippen molar-refractivity contribution < 1.29 is 19.1 Å². The Morgan fingerprint density at radius 2 is 2.00 bits per heavy atom. The van der Waals surface area contributed by atoms with E-state index in [0.29, 0.717) is 5.76 Å². The molecule has 0 radical (unpaired) electrons. The van der Waals surface area contributed by atoms with E-state index in [1.165, 1.54) is 6.07 Å². The van der Waals surface area contributed by atoms with Gasteiger partial charge in [0.2, 0.25) is 5.76 Å². The average molecular weight is 260 g/mol. The molecule has 0 saturated carbocycles. The molecule has 1 atom stereocenters. The molecule has 4 heteroatoms. The number of ether oxygens (including phenoxy) is 1. The molecule has 0 bridgehead atoms. The van der Waals surface area contributed by atoms with E-state index in [0.717, 1.165) is 16.9 Å². The number of carboxylic acid groups (broad SMARTS) is 1. The maximum absolute atomic E-state index is 10.8. The average Bonchev–Trinajstić information content (AvgIpc) is 2.83. The van der Waals surface area contributed by atoms with Gasteiger partial charge in [0, 0.05) is 0 Å². The summed E-state index contributed by atoms with van der Waals surface area (Å²) in [6.45, 7) is 5.78. The lowest BCUT2D eigenvalue weighted by atomic mass is 10.1. The van der Waals surface area contributed by atoms with Gasteiger partial charge in [0.15, 0.2) is 6.10 Å². The zero-order chi connectivity index (χ0) is 14.0. The van der Waals surface area contributed by atoms with Crippen LogP contribution in [0.1, 0.15) is 40.5 Å². The van der Waals surface area contributed by atoms with Crippen LogP contribution in [0.2, 0.25) is 0 Å². The Kier molecular flexibility index (Phi) is 3.60. The highest BCUT2D eigenvalue weighted by atomic mass is 16.5. The minimum Gasteiger partial charge on any atom is -0.483 e. The van der Waals surface area contributed by atoms with Gasteiger partial charge in [0.1, 0.15) is 11.5 Å². The van der Waals surface area contributed by atoms with Gasteiger partial charge < -0.3 is 14.3 Å². The van der Waals surface area contributed by atoms with Crippen LogP contribution >= 0.6 is 0 Å². The predicted octanol–water partition coefficient (Wildman–Crippen LogP) is 3.73. The van der Waals surface area contributed by atoms with Crippen LogP contribution in [0.15, 0.2) is 34.7 Å². The topological polar surface area (TPSA) is 59.7 Å². The lowest BCUT2D eigenvalue weighted by molar-refractivity contribution is 0.0655. The number of aromatic carboxylic acids is 1. The fraction of sp³-hybridized carbons (Fsp3) is 0.267. The van der Waals surface area contributed by atoms with E-state index in [2.05, 4.69) is 0 Å². The molecule has 0 aliphatic rings. The van der Waals surface area contributed by atoms with Gasteiger partial charge >= 0.3 is 5.97 Å². The fourth-order valence-corrected chi connectivity index (χ4v) is 1.77. The monoisotopic (exact) mass is 260 g/mol. The van der Waals surface area contributed by atoms with Crippen LogP contribution < -0.4 is 4.74 Å². The molecule has 0 aliphatic carbocycles. The van der Waals surface area contributed by atoms with Crippen molar-refractivity contribution in [3.63, 3.8) is 0 Å². The normalized spacial score (nSPS) is 12.2. The molecule has 19 heavy (non-hydrogen) atoms. The van der Waals surface area contributed by atoms with Gasteiger partial charge in [-0.3, -0.25) is 0 Å². The first-order chi connectivity index (χ1) is 8.97. The third-order valence-corrected chi connectivity index (χ3v) is 2.89. The molecule has 100 valence electrons. The minimum absolute atomic E-state index is 0.0774. The number of benzene rings is 1. The molecule has 2 aromatic rings. The summed E-state index contributed by atoms with van der Waals surface area (Å²) in [5.74, 6) is 0.121. The van der Waals surface area contributed by atoms with E-state index in [4.69, 9.17) is 14.3 Å². The molecule has 1 aromatic heterocycles. The van der Waals surface area contributed by atoms with Gasteiger partial charge in [0.05, 0.1) is 0 Å². The SMILES string of the molecule is Cc1ccc(C)c(OC(C)c2ccc(C(=O)O)o2)c1. The molecule has 1 aromatic carbocycles. The number of rotatable bonds is 4. The molecule has 2 rings (SSSR count). The first-order valence-corrected chi connectivity index (χ1v) is 6.04. The number of furan rings is 1. The zero-order valence-electron chi connectivity index (χ0n) is 11.1. The molecule has 0 saturated heterocycles. The summed E-state index contributed by atoms with van der Waals surface area (Å²) in [5, 5.41) is 8.82. The number of carbonyl (C=O) groups is 1. The highest BCUT2D eigenvalue weighted by molar-refractivity contribution is 5.84. The van der Waals surface area contributed by atoms with Gasteiger partial charge in [-0.15, -0.1) is 0 Å². The van der Waals surface area contributed by atoms with Crippen molar-refractivity contribution >= 4 is 5.97 Å². The molecule has 1 unspecified atom stereocenters. The van der Waals surface area contributed by atoms with Crippen molar-refractivity contribution in [1.29, 1.82) is 0 Å². The number of aryl methyl sites for hydroxylation is 2. The first kappa shape index (κ1) is 13.2. The Bertz CT molecular complexity index is 598. The highest BCUT2D eigenvalue weighted by Crippen LogP contribution is 2.26. The predicted molar refractivity (Wildman–Crippen MR) is 70.6 cm³/mol. The van der Waals surface area contributed by atoms with E-state index in [-0.39, 0.29) is 11.9 Å². The smallest absolute Gasteiger partial charge is 0.371 e. The van der Waals surface area contributed by atoms with Gasteiger partial charge in [-0.1, -0.05) is 12.1 Å². The maximum Gasteiger partial charge on any atom is 0.371 e. The molecule has 0 spiro atoms. The summed E-state index contributed by atoms with van der Waals surface area (Å²) < 4.78 is 11.0. The van der Waals surface area contributed by atoms with Crippen LogP contribution in [0.4, 0.5) is 0 Å². The molecular weight excluding hydrogens is 244 g/mol.